The third-order valence-corrected chi connectivity index (χ3v) is 4.66. The molecule has 2 aromatic rings. The lowest BCUT2D eigenvalue weighted by atomic mass is 9.93. The summed E-state index contributed by atoms with van der Waals surface area (Å²) in [7, 11) is 0. The van der Waals surface area contributed by atoms with E-state index in [1.165, 1.54) is 11.1 Å². The van der Waals surface area contributed by atoms with E-state index in [4.69, 9.17) is 15.2 Å². The van der Waals surface area contributed by atoms with Crippen molar-refractivity contribution in [3.05, 3.63) is 57.1 Å². The fourth-order valence-electron chi connectivity index (χ4n) is 2.60. The average Bonchev–Trinajstić information content (AvgIpc) is 2.48. The van der Waals surface area contributed by atoms with E-state index in [9.17, 15) is 0 Å². The molecule has 1 atom stereocenters. The zero-order chi connectivity index (χ0) is 15.0. The van der Waals surface area contributed by atoms with Crippen molar-refractivity contribution < 1.29 is 9.47 Å². The van der Waals surface area contributed by atoms with E-state index in [0.717, 1.165) is 27.1 Å². The SMILES string of the molecule is Cc1cccc(C(N)c2cc3c(cc2Br)OCCO3)c1C. The summed E-state index contributed by atoms with van der Waals surface area (Å²) >= 11 is 3.60. The van der Waals surface area contributed by atoms with E-state index in [1.54, 1.807) is 0 Å². The highest BCUT2D eigenvalue weighted by molar-refractivity contribution is 9.10. The van der Waals surface area contributed by atoms with Crippen LogP contribution in [0.1, 0.15) is 28.3 Å². The molecular weight excluding hydrogens is 330 g/mol. The molecule has 1 unspecified atom stereocenters. The molecule has 3 nitrogen and oxygen atoms in total. The molecule has 0 spiro atoms. The van der Waals surface area contributed by atoms with Crippen LogP contribution in [0.25, 0.3) is 0 Å². The van der Waals surface area contributed by atoms with Gasteiger partial charge in [-0.3, -0.25) is 0 Å². The van der Waals surface area contributed by atoms with E-state index in [1.807, 2.05) is 18.2 Å². The third-order valence-electron chi connectivity index (χ3n) is 3.98. The molecule has 1 heterocycles. The Kier molecular flexibility index (Phi) is 3.91. The van der Waals surface area contributed by atoms with Crippen LogP contribution in [-0.2, 0) is 0 Å². The van der Waals surface area contributed by atoms with Gasteiger partial charge in [0.15, 0.2) is 11.5 Å². The van der Waals surface area contributed by atoms with Crippen molar-refractivity contribution >= 4 is 15.9 Å². The Morgan fingerprint density at radius 1 is 1.05 bits per heavy atom. The second kappa shape index (κ2) is 5.70. The standard InChI is InChI=1S/C17H18BrNO2/c1-10-4-3-5-12(11(10)2)17(19)13-8-15-16(9-14(13)18)21-7-6-20-15/h3-5,8-9,17H,6-7,19H2,1-2H3. The molecule has 0 fully saturated rings. The van der Waals surface area contributed by atoms with E-state index in [0.29, 0.717) is 13.2 Å². The normalized spacial score (nSPS) is 14.9. The maximum Gasteiger partial charge on any atom is 0.162 e. The van der Waals surface area contributed by atoms with Crippen molar-refractivity contribution in [3.8, 4) is 11.5 Å². The van der Waals surface area contributed by atoms with Gasteiger partial charge in [-0.1, -0.05) is 34.1 Å². The van der Waals surface area contributed by atoms with Crippen LogP contribution in [0.15, 0.2) is 34.8 Å². The van der Waals surface area contributed by atoms with Gasteiger partial charge in [0, 0.05) is 4.47 Å². The number of nitrogens with two attached hydrogens (primary N) is 1. The molecule has 1 aliphatic rings. The summed E-state index contributed by atoms with van der Waals surface area (Å²) in [4.78, 5) is 0. The monoisotopic (exact) mass is 347 g/mol. The van der Waals surface area contributed by atoms with Crippen LogP contribution in [0.2, 0.25) is 0 Å². The Bertz CT molecular complexity index is 685. The third kappa shape index (κ3) is 2.65. The topological polar surface area (TPSA) is 44.5 Å². The van der Waals surface area contributed by atoms with Crippen molar-refractivity contribution in [1.29, 1.82) is 0 Å². The van der Waals surface area contributed by atoms with Gasteiger partial charge in [0.25, 0.3) is 0 Å². The van der Waals surface area contributed by atoms with E-state index in [2.05, 4.69) is 41.9 Å². The summed E-state index contributed by atoms with van der Waals surface area (Å²) in [5.74, 6) is 1.53. The molecule has 0 bridgehead atoms. The Balaban J connectivity index is 2.05. The average molecular weight is 348 g/mol. The number of aryl methyl sites for hydroxylation is 1. The molecule has 0 amide bonds. The van der Waals surface area contributed by atoms with E-state index >= 15 is 0 Å². The molecule has 0 aliphatic carbocycles. The first kappa shape index (κ1) is 14.4. The summed E-state index contributed by atoms with van der Waals surface area (Å²) in [5.41, 5.74) is 11.1. The molecule has 0 aromatic heterocycles. The first-order chi connectivity index (χ1) is 10.1. The van der Waals surface area contributed by atoms with Crippen LogP contribution in [0.4, 0.5) is 0 Å². The molecule has 2 aromatic carbocycles. The van der Waals surface area contributed by atoms with Crippen LogP contribution in [0, 0.1) is 13.8 Å². The molecule has 3 rings (SSSR count). The maximum atomic E-state index is 6.49. The lowest BCUT2D eigenvalue weighted by Crippen LogP contribution is -2.18. The van der Waals surface area contributed by atoms with Gasteiger partial charge in [-0.2, -0.15) is 0 Å². The van der Waals surface area contributed by atoms with Gasteiger partial charge in [0.1, 0.15) is 13.2 Å². The van der Waals surface area contributed by atoms with Crippen LogP contribution in [-0.4, -0.2) is 13.2 Å². The number of hydrogen-bond acceptors (Lipinski definition) is 3. The lowest BCUT2D eigenvalue weighted by molar-refractivity contribution is 0.171. The molecule has 0 saturated heterocycles. The number of ether oxygens (including phenoxy) is 2. The quantitative estimate of drug-likeness (QED) is 0.896. The lowest BCUT2D eigenvalue weighted by Gasteiger charge is -2.23. The van der Waals surface area contributed by atoms with Crippen molar-refractivity contribution in [2.75, 3.05) is 13.2 Å². The minimum atomic E-state index is -0.199. The fraction of sp³-hybridized carbons (Fsp3) is 0.294. The Morgan fingerprint density at radius 3 is 2.43 bits per heavy atom. The zero-order valence-electron chi connectivity index (χ0n) is 12.2. The van der Waals surface area contributed by atoms with Crippen LogP contribution >= 0.6 is 15.9 Å². The molecule has 4 heteroatoms. The number of halogens is 1. The molecule has 21 heavy (non-hydrogen) atoms. The molecule has 110 valence electrons. The second-order valence-electron chi connectivity index (χ2n) is 5.28. The number of benzene rings is 2. The van der Waals surface area contributed by atoms with Gasteiger partial charge in [0.05, 0.1) is 6.04 Å². The first-order valence-corrected chi connectivity index (χ1v) is 7.78. The summed E-state index contributed by atoms with van der Waals surface area (Å²) in [6.07, 6.45) is 0. The number of rotatable bonds is 2. The summed E-state index contributed by atoms with van der Waals surface area (Å²) in [6, 6.07) is 9.94. The zero-order valence-corrected chi connectivity index (χ0v) is 13.7. The second-order valence-corrected chi connectivity index (χ2v) is 6.14. The number of fused-ring (bicyclic) bond motifs is 1. The first-order valence-electron chi connectivity index (χ1n) is 6.98. The highest BCUT2D eigenvalue weighted by Crippen LogP contribution is 2.39. The molecule has 1 aliphatic heterocycles. The molecule has 2 N–H and O–H groups in total. The van der Waals surface area contributed by atoms with Gasteiger partial charge in [-0.05, 0) is 48.2 Å². The van der Waals surface area contributed by atoms with Gasteiger partial charge >= 0.3 is 0 Å². The van der Waals surface area contributed by atoms with Crippen molar-refractivity contribution in [2.24, 2.45) is 5.73 Å². The summed E-state index contributed by atoms with van der Waals surface area (Å²) < 4.78 is 12.2. The van der Waals surface area contributed by atoms with Gasteiger partial charge in [-0.15, -0.1) is 0 Å². The van der Waals surface area contributed by atoms with Crippen molar-refractivity contribution in [3.63, 3.8) is 0 Å². The highest BCUT2D eigenvalue weighted by Gasteiger charge is 2.20. The largest absolute Gasteiger partial charge is 0.486 e. The Morgan fingerprint density at radius 2 is 1.71 bits per heavy atom. The molecule has 0 saturated carbocycles. The van der Waals surface area contributed by atoms with Gasteiger partial charge in [0.2, 0.25) is 0 Å². The summed E-state index contributed by atoms with van der Waals surface area (Å²) in [6.45, 7) is 5.37. The minimum Gasteiger partial charge on any atom is -0.486 e. The Labute approximate surface area is 133 Å². The smallest absolute Gasteiger partial charge is 0.162 e. The van der Waals surface area contributed by atoms with E-state index in [-0.39, 0.29) is 6.04 Å². The summed E-state index contributed by atoms with van der Waals surface area (Å²) in [5, 5.41) is 0. The predicted molar refractivity (Wildman–Crippen MR) is 87.1 cm³/mol. The highest BCUT2D eigenvalue weighted by atomic mass is 79.9. The van der Waals surface area contributed by atoms with Crippen molar-refractivity contribution in [2.45, 2.75) is 19.9 Å². The molecule has 0 radical (unpaired) electrons. The van der Waals surface area contributed by atoms with Crippen LogP contribution < -0.4 is 15.2 Å². The van der Waals surface area contributed by atoms with Crippen LogP contribution in [0.3, 0.4) is 0 Å². The minimum absolute atomic E-state index is 0.199. The van der Waals surface area contributed by atoms with Crippen molar-refractivity contribution in [1.82, 2.24) is 0 Å². The van der Waals surface area contributed by atoms with Gasteiger partial charge < -0.3 is 15.2 Å². The molecular formula is C17H18BrNO2. The van der Waals surface area contributed by atoms with E-state index < -0.39 is 0 Å². The fourth-order valence-corrected chi connectivity index (χ4v) is 3.17. The Hall–Kier alpha value is -1.52. The number of hydrogen-bond donors (Lipinski definition) is 1. The predicted octanol–water partition coefficient (Wildman–Crippen LogP) is 3.89. The van der Waals surface area contributed by atoms with Gasteiger partial charge in [-0.25, -0.2) is 0 Å². The maximum absolute atomic E-state index is 6.49. The van der Waals surface area contributed by atoms with Crippen LogP contribution in [0.5, 0.6) is 11.5 Å².